The minimum atomic E-state index is -3.77. The second-order valence-electron chi connectivity index (χ2n) is 6.18. The zero-order valence-corrected chi connectivity index (χ0v) is 16.2. The van der Waals surface area contributed by atoms with Crippen LogP contribution in [-0.4, -0.2) is 39.0 Å². The number of hydrogen-bond donors (Lipinski definition) is 1. The Morgan fingerprint density at radius 3 is 2.52 bits per heavy atom. The topological polar surface area (TPSA) is 75.7 Å². The molecule has 1 N–H and O–H groups in total. The van der Waals surface area contributed by atoms with Gasteiger partial charge in [0.05, 0.1) is 12.0 Å². The van der Waals surface area contributed by atoms with Gasteiger partial charge in [0.1, 0.15) is 5.82 Å². The molecule has 0 spiro atoms. The van der Waals surface area contributed by atoms with Crippen LogP contribution in [0, 0.1) is 5.82 Å². The number of benzene rings is 2. The van der Waals surface area contributed by atoms with Crippen molar-refractivity contribution in [2.24, 2.45) is 0 Å². The van der Waals surface area contributed by atoms with E-state index in [9.17, 15) is 17.6 Å². The van der Waals surface area contributed by atoms with Gasteiger partial charge < -0.3 is 5.32 Å². The van der Waals surface area contributed by atoms with Crippen LogP contribution in [0.15, 0.2) is 47.4 Å². The quantitative estimate of drug-likeness (QED) is 0.740. The summed E-state index contributed by atoms with van der Waals surface area (Å²) in [5.41, 5.74) is 0.716. The maximum Gasteiger partial charge on any atom is 0.264 e. The smallest absolute Gasteiger partial charge is 0.264 e. The number of carbonyl (C=O) groups excluding carboxylic acids is 1. The van der Waals surface area contributed by atoms with Gasteiger partial charge in [-0.1, -0.05) is 22.1 Å². The number of rotatable bonds is 6. The van der Waals surface area contributed by atoms with Crippen molar-refractivity contribution < 1.29 is 22.4 Å². The van der Waals surface area contributed by atoms with Crippen LogP contribution in [0.3, 0.4) is 0 Å². The lowest BCUT2D eigenvalue weighted by atomic mass is 10.1. The van der Waals surface area contributed by atoms with Crippen molar-refractivity contribution in [3.63, 3.8) is 0 Å². The van der Waals surface area contributed by atoms with Gasteiger partial charge in [-0.2, -0.15) is 0 Å². The molecular weight excluding hydrogens is 395 g/mol. The largest absolute Gasteiger partial charge is 0.349 e. The van der Waals surface area contributed by atoms with E-state index in [0.717, 1.165) is 4.47 Å². The predicted octanol–water partition coefficient (Wildman–Crippen LogP) is 2.95. The summed E-state index contributed by atoms with van der Waals surface area (Å²) in [6, 6.07) is 9.78. The average molecular weight is 413 g/mol. The summed E-state index contributed by atoms with van der Waals surface area (Å²) >= 11 is 6.06. The van der Waals surface area contributed by atoms with Crippen molar-refractivity contribution in [3.05, 3.63) is 64.4 Å². The molecule has 2 atom stereocenters. The third-order valence-corrected chi connectivity index (χ3v) is 6.51. The third kappa shape index (κ3) is 3.98. The Morgan fingerprint density at radius 2 is 1.93 bits per heavy atom. The first-order valence-corrected chi connectivity index (χ1v) is 9.95. The van der Waals surface area contributed by atoms with Gasteiger partial charge >= 0.3 is 0 Å². The van der Waals surface area contributed by atoms with Crippen LogP contribution < -0.4 is 5.32 Å². The molecule has 1 amide bonds. The third-order valence-electron chi connectivity index (χ3n) is 4.49. The molecule has 0 aliphatic heterocycles. The van der Waals surface area contributed by atoms with E-state index in [0.29, 0.717) is 22.6 Å². The summed E-state index contributed by atoms with van der Waals surface area (Å²) in [5, 5.41) is 3.16. The van der Waals surface area contributed by atoms with E-state index in [1.807, 2.05) is 0 Å². The highest BCUT2D eigenvalue weighted by Gasteiger charge is 2.42. The summed E-state index contributed by atoms with van der Waals surface area (Å²) in [5.74, 6) is -0.919. The van der Waals surface area contributed by atoms with Gasteiger partial charge in [0.25, 0.3) is 15.9 Å². The molecule has 0 bridgehead atoms. The maximum absolute atomic E-state index is 14.0. The average Bonchev–Trinajstić information content (AvgIpc) is 3.39. The number of hydrogen-bond acceptors (Lipinski definition) is 4. The molecule has 1 aliphatic rings. The van der Waals surface area contributed by atoms with Crippen molar-refractivity contribution >= 4 is 27.5 Å². The summed E-state index contributed by atoms with van der Waals surface area (Å²) in [6.07, 6.45) is 0.595. The Balaban J connectivity index is 1.68. The van der Waals surface area contributed by atoms with Crippen molar-refractivity contribution in [2.45, 2.75) is 23.3 Å². The van der Waals surface area contributed by atoms with Crippen molar-refractivity contribution in [2.75, 3.05) is 14.2 Å². The van der Waals surface area contributed by atoms with E-state index in [4.69, 9.17) is 16.4 Å². The molecule has 0 heterocycles. The summed E-state index contributed by atoms with van der Waals surface area (Å²) in [6.45, 7) is 0. The molecule has 144 valence electrons. The Hall–Kier alpha value is -2.00. The number of hydroxylamine groups is 1. The minimum Gasteiger partial charge on any atom is -0.349 e. The first-order chi connectivity index (χ1) is 12.8. The Morgan fingerprint density at radius 1 is 1.26 bits per heavy atom. The monoisotopic (exact) mass is 412 g/mol. The van der Waals surface area contributed by atoms with Gasteiger partial charge in [-0.25, -0.2) is 12.8 Å². The Kier molecular flexibility index (Phi) is 5.53. The minimum absolute atomic E-state index is 0.00540. The highest BCUT2D eigenvalue weighted by Crippen LogP contribution is 2.45. The van der Waals surface area contributed by atoms with E-state index in [1.54, 1.807) is 6.07 Å². The van der Waals surface area contributed by atoms with Gasteiger partial charge in [0.15, 0.2) is 0 Å². The van der Waals surface area contributed by atoms with E-state index in [-0.39, 0.29) is 28.6 Å². The Bertz CT molecular complexity index is 946. The highest BCUT2D eigenvalue weighted by atomic mass is 35.5. The van der Waals surface area contributed by atoms with Crippen LogP contribution in [0.25, 0.3) is 0 Å². The van der Waals surface area contributed by atoms with Crippen LogP contribution in [-0.2, 0) is 14.9 Å². The molecule has 1 fully saturated rings. The molecule has 0 radical (unpaired) electrons. The van der Waals surface area contributed by atoms with Gasteiger partial charge in [-0.3, -0.25) is 9.63 Å². The van der Waals surface area contributed by atoms with Crippen LogP contribution in [0.2, 0.25) is 5.02 Å². The number of carbonyl (C=O) groups is 1. The molecule has 2 aromatic rings. The number of nitrogens with zero attached hydrogens (tertiary/aromatic N) is 1. The second kappa shape index (κ2) is 7.55. The molecule has 2 aromatic carbocycles. The Labute approximate surface area is 161 Å². The lowest BCUT2D eigenvalue weighted by Crippen LogP contribution is -2.27. The van der Waals surface area contributed by atoms with Crippen LogP contribution >= 0.6 is 11.6 Å². The second-order valence-corrected chi connectivity index (χ2v) is 8.52. The van der Waals surface area contributed by atoms with Crippen LogP contribution in [0.4, 0.5) is 4.39 Å². The molecule has 27 heavy (non-hydrogen) atoms. The zero-order valence-electron chi connectivity index (χ0n) is 14.6. The van der Waals surface area contributed by atoms with Crippen LogP contribution in [0.1, 0.15) is 28.3 Å². The first kappa shape index (κ1) is 19.8. The fraction of sp³-hybridized carbons (Fsp3) is 0.278. The van der Waals surface area contributed by atoms with Gasteiger partial charge in [0.2, 0.25) is 0 Å². The summed E-state index contributed by atoms with van der Waals surface area (Å²) < 4.78 is 39.0. The fourth-order valence-corrected chi connectivity index (χ4v) is 4.09. The molecule has 9 heteroatoms. The highest BCUT2D eigenvalue weighted by molar-refractivity contribution is 7.89. The standard InChI is InChI=1S/C18H18ClFN2O4S/c1-22(26-2)27(24,25)12-8-6-11(7-9-12)18(23)21-16-10-13(16)17-14(19)4-3-5-15(17)20/h3-9,13,16H,10H2,1-2H3,(H,21,23)/t13-,16-/m1/s1. The van der Waals surface area contributed by atoms with Crippen LogP contribution in [0.5, 0.6) is 0 Å². The van der Waals surface area contributed by atoms with E-state index in [1.165, 1.54) is 50.6 Å². The molecule has 0 aromatic heterocycles. The molecule has 1 aliphatic carbocycles. The molecule has 1 saturated carbocycles. The number of nitrogens with one attached hydrogen (secondary N) is 1. The molecule has 0 unspecified atom stereocenters. The van der Waals surface area contributed by atoms with Gasteiger partial charge in [0, 0.05) is 35.2 Å². The molecule has 6 nitrogen and oxygen atoms in total. The van der Waals surface area contributed by atoms with Gasteiger partial charge in [-0.15, -0.1) is 0 Å². The first-order valence-electron chi connectivity index (χ1n) is 8.13. The van der Waals surface area contributed by atoms with Crippen molar-refractivity contribution in [3.8, 4) is 0 Å². The normalized spacial score (nSPS) is 19.1. The summed E-state index contributed by atoms with van der Waals surface area (Å²) in [4.78, 5) is 17.1. The molecular formula is C18H18ClFN2O4S. The SMILES string of the molecule is CON(C)S(=O)(=O)c1ccc(C(=O)N[C@@H]2C[C@H]2c2c(F)cccc2Cl)cc1. The lowest BCUT2D eigenvalue weighted by molar-refractivity contribution is -0.0258. The predicted molar refractivity (Wildman–Crippen MR) is 98.4 cm³/mol. The number of halogens is 2. The van der Waals surface area contributed by atoms with Gasteiger partial charge in [-0.05, 0) is 42.8 Å². The maximum atomic E-state index is 14.0. The zero-order chi connectivity index (χ0) is 19.8. The van der Waals surface area contributed by atoms with E-state index in [2.05, 4.69) is 5.32 Å². The fourth-order valence-electron chi connectivity index (χ4n) is 2.82. The van der Waals surface area contributed by atoms with E-state index >= 15 is 0 Å². The molecule has 3 rings (SSSR count). The van der Waals surface area contributed by atoms with Crippen molar-refractivity contribution in [1.29, 1.82) is 0 Å². The van der Waals surface area contributed by atoms with E-state index < -0.39 is 10.0 Å². The number of amides is 1. The van der Waals surface area contributed by atoms with Crippen molar-refractivity contribution in [1.82, 2.24) is 9.79 Å². The number of sulfonamides is 1. The summed E-state index contributed by atoms with van der Waals surface area (Å²) in [7, 11) is -1.26. The molecule has 0 saturated heterocycles. The lowest BCUT2D eigenvalue weighted by Gasteiger charge is -2.14.